The molecule has 132 valence electrons. The summed E-state index contributed by atoms with van der Waals surface area (Å²) >= 11 is 3.26. The largest absolute Gasteiger partial charge is 0.365 e. The van der Waals surface area contributed by atoms with Crippen molar-refractivity contribution >= 4 is 39.9 Å². The third-order valence-electron chi connectivity index (χ3n) is 4.26. The molecule has 4 nitrogen and oxygen atoms in total. The second kappa shape index (κ2) is 8.06. The van der Waals surface area contributed by atoms with E-state index in [2.05, 4.69) is 36.5 Å². The van der Waals surface area contributed by atoms with Gasteiger partial charge >= 0.3 is 0 Å². The number of rotatable bonds is 7. The predicted molar refractivity (Wildman–Crippen MR) is 105 cm³/mol. The maximum absolute atomic E-state index is 12.2. The average molecular weight is 375 g/mol. The number of fused-ring (bicyclic) bond motifs is 1. The number of hydrogen-bond acceptors (Lipinski definition) is 4. The Morgan fingerprint density at radius 3 is 2.72 bits per heavy atom. The van der Waals surface area contributed by atoms with Gasteiger partial charge in [0.2, 0.25) is 5.91 Å². The minimum absolute atomic E-state index is 0.0491. The van der Waals surface area contributed by atoms with Crippen LogP contribution >= 0.6 is 23.1 Å². The van der Waals surface area contributed by atoms with Crippen LogP contribution in [0.5, 0.6) is 0 Å². The summed E-state index contributed by atoms with van der Waals surface area (Å²) in [5.74, 6) is 0.400. The highest BCUT2D eigenvalue weighted by Crippen LogP contribution is 2.38. The monoisotopic (exact) mass is 374 g/mol. The molecular formula is C19H22N2O2S2. The highest BCUT2D eigenvalue weighted by molar-refractivity contribution is 7.99. The molecule has 0 radical (unpaired) electrons. The molecule has 1 aliphatic carbocycles. The highest BCUT2D eigenvalue weighted by Gasteiger charge is 2.25. The van der Waals surface area contributed by atoms with Crippen molar-refractivity contribution in [1.82, 2.24) is 0 Å². The van der Waals surface area contributed by atoms with Crippen LogP contribution in [0.1, 0.15) is 45.6 Å². The lowest BCUT2D eigenvalue weighted by Crippen LogP contribution is -2.17. The molecule has 3 N–H and O–H groups in total. The standard InChI is InChI=1S/C19H22N2O2S2/c1-12-7-9-13(10-8-12)24-11-3-6-16(22)21-19-17(18(20)23)14-4-2-5-15(14)25-19/h7-10H,2-6,11H2,1H3,(H2,20,23)(H,21,22). The molecule has 2 aromatic rings. The highest BCUT2D eigenvalue weighted by atomic mass is 32.2. The molecule has 0 fully saturated rings. The van der Waals surface area contributed by atoms with Gasteiger partial charge < -0.3 is 11.1 Å². The maximum Gasteiger partial charge on any atom is 0.251 e. The normalized spacial score (nSPS) is 12.8. The van der Waals surface area contributed by atoms with E-state index in [1.807, 2.05) is 0 Å². The Morgan fingerprint density at radius 2 is 2.00 bits per heavy atom. The van der Waals surface area contributed by atoms with Gasteiger partial charge in [0.1, 0.15) is 5.00 Å². The Bertz CT molecular complexity index is 781. The SMILES string of the molecule is Cc1ccc(SCCCC(=O)Nc2sc3c(c2C(N)=O)CCC3)cc1. The summed E-state index contributed by atoms with van der Waals surface area (Å²) < 4.78 is 0. The molecule has 3 rings (SSSR count). The Hall–Kier alpha value is -1.79. The number of thioether (sulfide) groups is 1. The van der Waals surface area contributed by atoms with E-state index < -0.39 is 5.91 Å². The van der Waals surface area contributed by atoms with E-state index >= 15 is 0 Å². The molecular weight excluding hydrogens is 352 g/mol. The number of benzene rings is 1. The quantitative estimate of drug-likeness (QED) is 0.565. The molecule has 25 heavy (non-hydrogen) atoms. The zero-order valence-corrected chi connectivity index (χ0v) is 15.9. The summed E-state index contributed by atoms with van der Waals surface area (Å²) in [6, 6.07) is 8.39. The Kier molecular flexibility index (Phi) is 5.81. The third kappa shape index (κ3) is 4.44. The van der Waals surface area contributed by atoms with Crippen LogP contribution in [0.4, 0.5) is 5.00 Å². The van der Waals surface area contributed by atoms with Crippen molar-refractivity contribution in [3.8, 4) is 0 Å². The number of thiophene rings is 1. The lowest BCUT2D eigenvalue weighted by molar-refractivity contribution is -0.116. The van der Waals surface area contributed by atoms with E-state index in [0.717, 1.165) is 37.0 Å². The smallest absolute Gasteiger partial charge is 0.251 e. The minimum atomic E-state index is -0.440. The first-order valence-corrected chi connectivity index (χ1v) is 10.3. The van der Waals surface area contributed by atoms with Crippen molar-refractivity contribution < 1.29 is 9.59 Å². The molecule has 1 aromatic carbocycles. The fraction of sp³-hybridized carbons (Fsp3) is 0.368. The van der Waals surface area contributed by atoms with Gasteiger partial charge in [-0.15, -0.1) is 23.1 Å². The summed E-state index contributed by atoms with van der Waals surface area (Å²) in [6.07, 6.45) is 4.16. The van der Waals surface area contributed by atoms with Crippen LogP contribution in [0, 0.1) is 6.92 Å². The molecule has 2 amide bonds. The predicted octanol–water partition coefficient (Wildman–Crippen LogP) is 4.16. The second-order valence-electron chi connectivity index (χ2n) is 6.24. The molecule has 0 saturated heterocycles. The van der Waals surface area contributed by atoms with E-state index in [1.165, 1.54) is 26.7 Å². The van der Waals surface area contributed by atoms with Crippen molar-refractivity contribution in [1.29, 1.82) is 0 Å². The number of nitrogens with one attached hydrogen (secondary N) is 1. The number of anilines is 1. The van der Waals surface area contributed by atoms with Crippen LogP contribution < -0.4 is 11.1 Å². The topological polar surface area (TPSA) is 72.2 Å². The Balaban J connectivity index is 1.50. The van der Waals surface area contributed by atoms with Gasteiger partial charge in [0.05, 0.1) is 5.56 Å². The zero-order valence-electron chi connectivity index (χ0n) is 14.3. The van der Waals surface area contributed by atoms with Crippen LogP contribution in [0.2, 0.25) is 0 Å². The molecule has 0 saturated carbocycles. The summed E-state index contributed by atoms with van der Waals surface area (Å²) in [5, 5.41) is 3.53. The van der Waals surface area contributed by atoms with Gasteiger partial charge in [-0.25, -0.2) is 0 Å². The van der Waals surface area contributed by atoms with E-state index in [1.54, 1.807) is 11.8 Å². The van der Waals surface area contributed by atoms with Gasteiger partial charge in [-0.05, 0) is 56.1 Å². The minimum Gasteiger partial charge on any atom is -0.365 e. The average Bonchev–Trinajstić information content (AvgIpc) is 3.13. The van der Waals surface area contributed by atoms with Gasteiger partial charge in [-0.3, -0.25) is 9.59 Å². The molecule has 1 aliphatic rings. The van der Waals surface area contributed by atoms with Crippen molar-refractivity contribution in [2.45, 2.75) is 43.9 Å². The van der Waals surface area contributed by atoms with Crippen LogP contribution in [0.3, 0.4) is 0 Å². The zero-order chi connectivity index (χ0) is 17.8. The molecule has 1 heterocycles. The first-order valence-electron chi connectivity index (χ1n) is 8.48. The van der Waals surface area contributed by atoms with Crippen molar-refractivity contribution in [3.05, 3.63) is 45.8 Å². The van der Waals surface area contributed by atoms with Gasteiger partial charge in [-0.1, -0.05) is 17.7 Å². The second-order valence-corrected chi connectivity index (χ2v) is 8.51. The van der Waals surface area contributed by atoms with Gasteiger partial charge in [0, 0.05) is 16.2 Å². The van der Waals surface area contributed by atoms with Crippen LogP contribution in [0.25, 0.3) is 0 Å². The first-order chi connectivity index (χ1) is 12.0. The summed E-state index contributed by atoms with van der Waals surface area (Å²) in [5.41, 5.74) is 8.34. The maximum atomic E-state index is 12.2. The lowest BCUT2D eigenvalue weighted by atomic mass is 10.1. The molecule has 0 atom stereocenters. The summed E-state index contributed by atoms with van der Waals surface area (Å²) in [7, 11) is 0. The van der Waals surface area contributed by atoms with Crippen molar-refractivity contribution in [2.24, 2.45) is 5.73 Å². The van der Waals surface area contributed by atoms with Gasteiger partial charge in [0.25, 0.3) is 5.91 Å². The number of carbonyl (C=O) groups excluding carboxylic acids is 2. The number of nitrogens with two attached hydrogens (primary N) is 1. The molecule has 0 unspecified atom stereocenters. The van der Waals surface area contributed by atoms with Crippen molar-refractivity contribution in [3.63, 3.8) is 0 Å². The van der Waals surface area contributed by atoms with E-state index in [4.69, 9.17) is 5.73 Å². The Labute approximate surface area is 156 Å². The molecule has 6 heteroatoms. The number of aryl methyl sites for hydroxylation is 2. The molecule has 0 bridgehead atoms. The molecule has 0 spiro atoms. The summed E-state index contributed by atoms with van der Waals surface area (Å²) in [6.45, 7) is 2.07. The van der Waals surface area contributed by atoms with Crippen LogP contribution in [-0.4, -0.2) is 17.6 Å². The van der Waals surface area contributed by atoms with Crippen molar-refractivity contribution in [2.75, 3.05) is 11.1 Å². The van der Waals surface area contributed by atoms with E-state index in [-0.39, 0.29) is 5.91 Å². The lowest BCUT2D eigenvalue weighted by Gasteiger charge is -2.06. The van der Waals surface area contributed by atoms with E-state index in [9.17, 15) is 9.59 Å². The van der Waals surface area contributed by atoms with Gasteiger partial charge in [0.15, 0.2) is 0 Å². The fourth-order valence-electron chi connectivity index (χ4n) is 3.00. The van der Waals surface area contributed by atoms with Crippen LogP contribution in [-0.2, 0) is 17.6 Å². The van der Waals surface area contributed by atoms with Gasteiger partial charge in [-0.2, -0.15) is 0 Å². The van der Waals surface area contributed by atoms with E-state index in [0.29, 0.717) is 17.0 Å². The fourth-order valence-corrected chi connectivity index (χ4v) is 5.16. The Morgan fingerprint density at radius 1 is 1.24 bits per heavy atom. The summed E-state index contributed by atoms with van der Waals surface area (Å²) in [4.78, 5) is 26.4. The third-order valence-corrected chi connectivity index (χ3v) is 6.56. The molecule has 0 aliphatic heterocycles. The van der Waals surface area contributed by atoms with Crippen LogP contribution in [0.15, 0.2) is 29.2 Å². The first kappa shape index (κ1) is 18.0. The molecule has 1 aromatic heterocycles. The number of carbonyl (C=O) groups is 2. The number of primary amides is 1. The number of hydrogen-bond donors (Lipinski definition) is 2. The number of amides is 2.